The molecule has 52 heavy (non-hydrogen) atoms. The number of fused-ring (bicyclic) bond motifs is 1. The number of halogens is 1. The Morgan fingerprint density at radius 3 is 2.35 bits per heavy atom. The molecule has 12 heteroatoms. The summed E-state index contributed by atoms with van der Waals surface area (Å²) in [4.78, 5) is 50.4. The fourth-order valence-corrected chi connectivity index (χ4v) is 7.66. The molecule has 0 unspecified atom stereocenters. The highest BCUT2D eigenvalue weighted by atomic mass is 35.5. The van der Waals surface area contributed by atoms with Gasteiger partial charge in [-0.25, -0.2) is 9.97 Å². The van der Waals surface area contributed by atoms with E-state index in [2.05, 4.69) is 39.6 Å². The number of hydrogen-bond donors (Lipinski definition) is 2. The van der Waals surface area contributed by atoms with Crippen molar-refractivity contribution in [2.45, 2.75) is 57.9 Å². The van der Waals surface area contributed by atoms with E-state index in [0.29, 0.717) is 60.3 Å². The molecule has 2 fully saturated rings. The molecule has 0 spiro atoms. The minimum atomic E-state index is -0.111. The fourth-order valence-electron chi connectivity index (χ4n) is 7.34. The van der Waals surface area contributed by atoms with Gasteiger partial charge in [-0.2, -0.15) is 0 Å². The van der Waals surface area contributed by atoms with Gasteiger partial charge in [0, 0.05) is 67.6 Å². The van der Waals surface area contributed by atoms with Crippen molar-refractivity contribution in [3.63, 3.8) is 0 Å². The maximum atomic E-state index is 13.4. The van der Waals surface area contributed by atoms with E-state index in [1.165, 1.54) is 0 Å². The van der Waals surface area contributed by atoms with Crippen molar-refractivity contribution < 1.29 is 14.3 Å². The van der Waals surface area contributed by atoms with Gasteiger partial charge in [-0.1, -0.05) is 54.1 Å². The van der Waals surface area contributed by atoms with E-state index in [4.69, 9.17) is 21.3 Å². The first-order valence-corrected chi connectivity index (χ1v) is 17.9. The van der Waals surface area contributed by atoms with Crippen molar-refractivity contribution in [2.75, 3.05) is 27.7 Å². The van der Waals surface area contributed by atoms with Crippen LogP contribution in [-0.2, 0) is 22.7 Å². The third kappa shape index (κ3) is 7.16. The van der Waals surface area contributed by atoms with Gasteiger partial charge in [-0.05, 0) is 74.3 Å². The molecule has 0 radical (unpaired) electrons. The van der Waals surface area contributed by atoms with Gasteiger partial charge >= 0.3 is 0 Å². The Kier molecular flexibility index (Phi) is 10.1. The number of nitrogens with zero attached hydrogens (tertiary/aromatic N) is 5. The van der Waals surface area contributed by atoms with Crippen LogP contribution in [0.15, 0.2) is 77.9 Å². The Hall–Kier alpha value is -5.10. The molecular formula is C40H42ClN7O4. The van der Waals surface area contributed by atoms with Crippen LogP contribution in [0.2, 0.25) is 5.02 Å². The van der Waals surface area contributed by atoms with Crippen molar-refractivity contribution >= 4 is 29.1 Å². The van der Waals surface area contributed by atoms with E-state index < -0.39 is 0 Å². The smallest absolute Gasteiger partial charge is 0.262 e. The van der Waals surface area contributed by atoms with E-state index in [1.807, 2.05) is 67.5 Å². The Labute approximate surface area is 307 Å². The third-order valence-corrected chi connectivity index (χ3v) is 10.5. The first-order chi connectivity index (χ1) is 25.1. The highest BCUT2D eigenvalue weighted by molar-refractivity contribution is 6.36. The van der Waals surface area contributed by atoms with E-state index in [1.54, 1.807) is 23.9 Å². The van der Waals surface area contributed by atoms with Crippen LogP contribution in [-0.4, -0.2) is 75.9 Å². The highest BCUT2D eigenvalue weighted by Crippen LogP contribution is 2.40. The molecule has 2 aromatic carbocycles. The number of benzene rings is 2. The predicted octanol–water partition coefficient (Wildman–Crippen LogP) is 5.44. The lowest BCUT2D eigenvalue weighted by atomic mass is 9.92. The van der Waals surface area contributed by atoms with Crippen LogP contribution < -0.4 is 20.9 Å². The van der Waals surface area contributed by atoms with Crippen LogP contribution in [0.25, 0.3) is 39.2 Å². The topological polar surface area (TPSA) is 121 Å². The third-order valence-electron chi connectivity index (χ3n) is 10.1. The first-order valence-electron chi connectivity index (χ1n) is 17.5. The van der Waals surface area contributed by atoms with Gasteiger partial charge in [0.15, 0.2) is 0 Å². The second-order valence-corrected chi connectivity index (χ2v) is 14.2. The average molecular weight is 720 g/mol. The van der Waals surface area contributed by atoms with Crippen LogP contribution in [0.5, 0.6) is 5.88 Å². The number of hydrogen-bond acceptors (Lipinski definition) is 8. The number of nitrogens with one attached hydrogen (secondary N) is 2. The van der Waals surface area contributed by atoms with E-state index in [-0.39, 0.29) is 29.6 Å². The zero-order valence-corrected chi connectivity index (χ0v) is 30.5. The van der Waals surface area contributed by atoms with Crippen LogP contribution in [0.3, 0.4) is 0 Å². The number of carbonyl (C=O) groups is 2. The van der Waals surface area contributed by atoms with Crippen LogP contribution in [0, 0.1) is 6.92 Å². The number of rotatable bonds is 11. The van der Waals surface area contributed by atoms with Crippen molar-refractivity contribution in [1.29, 1.82) is 0 Å². The van der Waals surface area contributed by atoms with Crippen molar-refractivity contribution in [2.24, 2.45) is 0 Å². The summed E-state index contributed by atoms with van der Waals surface area (Å²) in [6.07, 6.45) is 6.09. The SMILES string of the molecule is COc1nc(-c2cccc(-c3cccc(-c4ccn5c(=O)c(CN(C)C[C@@H]6CCC(=O)N6)cnc5c4)c3C)c2Cl)ccc1CN(C)[C@H]1CCC(=O)N1. The average Bonchev–Trinajstić information content (AvgIpc) is 3.77. The molecule has 5 aromatic rings. The lowest BCUT2D eigenvalue weighted by Crippen LogP contribution is -2.40. The maximum absolute atomic E-state index is 13.4. The molecule has 3 aromatic heterocycles. The van der Waals surface area contributed by atoms with Gasteiger partial charge in [0.2, 0.25) is 17.7 Å². The lowest BCUT2D eigenvalue weighted by molar-refractivity contribution is -0.120. The predicted molar refractivity (Wildman–Crippen MR) is 202 cm³/mol. The van der Waals surface area contributed by atoms with Gasteiger partial charge in [0.05, 0.1) is 29.6 Å². The van der Waals surface area contributed by atoms with Gasteiger partial charge in [-0.15, -0.1) is 0 Å². The summed E-state index contributed by atoms with van der Waals surface area (Å²) >= 11 is 7.17. The van der Waals surface area contributed by atoms with Crippen molar-refractivity contribution in [3.05, 3.63) is 105 Å². The first kappa shape index (κ1) is 35.3. The van der Waals surface area contributed by atoms with Crippen molar-refractivity contribution in [3.8, 4) is 39.4 Å². The minimum absolute atomic E-state index is 0.0135. The minimum Gasteiger partial charge on any atom is -0.481 e. The van der Waals surface area contributed by atoms with E-state index >= 15 is 0 Å². The van der Waals surface area contributed by atoms with Crippen LogP contribution >= 0.6 is 11.6 Å². The van der Waals surface area contributed by atoms with Crippen LogP contribution in [0.1, 0.15) is 42.4 Å². The fraction of sp³-hybridized carbons (Fsp3) is 0.325. The zero-order chi connectivity index (χ0) is 36.5. The van der Waals surface area contributed by atoms with Crippen molar-refractivity contribution in [1.82, 2.24) is 34.8 Å². The molecule has 11 nitrogen and oxygen atoms in total. The molecule has 0 bridgehead atoms. The molecule has 7 rings (SSSR count). The van der Waals surface area contributed by atoms with E-state index in [0.717, 1.165) is 51.8 Å². The largest absolute Gasteiger partial charge is 0.481 e. The quantitative estimate of drug-likeness (QED) is 0.185. The Bertz CT molecular complexity index is 2240. The second kappa shape index (κ2) is 14.9. The monoisotopic (exact) mass is 719 g/mol. The summed E-state index contributed by atoms with van der Waals surface area (Å²) in [7, 11) is 5.54. The molecule has 2 aliphatic rings. The normalized spacial score (nSPS) is 17.3. The molecule has 2 N–H and O–H groups in total. The summed E-state index contributed by atoms with van der Waals surface area (Å²) in [5.41, 5.74) is 8.27. The number of carbonyl (C=O) groups excluding carboxylic acids is 2. The van der Waals surface area contributed by atoms with Gasteiger partial charge in [0.25, 0.3) is 5.56 Å². The Balaban J connectivity index is 1.13. The highest BCUT2D eigenvalue weighted by Gasteiger charge is 2.26. The zero-order valence-electron chi connectivity index (χ0n) is 29.8. The number of amides is 2. The summed E-state index contributed by atoms with van der Waals surface area (Å²) in [6, 6.07) is 20.0. The number of ether oxygens (including phenoxy) is 1. The number of methoxy groups -OCH3 is 1. The molecule has 2 aliphatic heterocycles. The molecule has 0 saturated carbocycles. The summed E-state index contributed by atoms with van der Waals surface area (Å²) in [5, 5.41) is 6.57. The number of likely N-dealkylation sites (N-methyl/N-ethyl adjacent to an activating group) is 1. The summed E-state index contributed by atoms with van der Waals surface area (Å²) in [5.74, 6) is 0.661. The standard InChI is InChI=1S/C40H42ClN7O4/c1-24-29(25-17-18-48-35(19-25)42-20-27(40(48)51)21-46(2)23-28-12-15-36(49)43-28)7-5-8-30(24)31-9-6-10-32(38(31)41)33-13-11-26(39(44-33)52-4)22-47(3)34-14-16-37(50)45-34/h5-11,13,17-20,28,34H,12,14-16,21-23H2,1-4H3,(H,43,49)(H,45,50)/t28-,34-/m0/s1. The number of pyridine rings is 2. The van der Waals surface area contributed by atoms with Gasteiger partial charge < -0.3 is 15.4 Å². The molecule has 2 amide bonds. The Morgan fingerprint density at radius 2 is 1.62 bits per heavy atom. The lowest BCUT2D eigenvalue weighted by Gasteiger charge is -2.24. The molecular weight excluding hydrogens is 678 g/mol. The van der Waals surface area contributed by atoms with Gasteiger partial charge in [0.1, 0.15) is 5.65 Å². The van der Waals surface area contributed by atoms with Gasteiger partial charge in [-0.3, -0.25) is 28.6 Å². The number of aromatic nitrogens is 3. The van der Waals surface area contributed by atoms with Crippen LogP contribution in [0.4, 0.5) is 0 Å². The Morgan fingerprint density at radius 1 is 0.885 bits per heavy atom. The molecule has 5 heterocycles. The maximum Gasteiger partial charge on any atom is 0.262 e. The van der Waals surface area contributed by atoms with E-state index in [9.17, 15) is 14.4 Å². The molecule has 268 valence electrons. The molecule has 2 saturated heterocycles. The summed E-state index contributed by atoms with van der Waals surface area (Å²) < 4.78 is 7.29. The molecule has 0 aliphatic carbocycles. The molecule has 2 atom stereocenters. The second-order valence-electron chi connectivity index (χ2n) is 13.8. The summed E-state index contributed by atoms with van der Waals surface area (Å²) in [6.45, 7) is 3.76.